The Hall–Kier alpha value is -0.840. The first-order valence-electron chi connectivity index (χ1n) is 6.38. The second kappa shape index (κ2) is 5.43. The summed E-state index contributed by atoms with van der Waals surface area (Å²) in [5, 5.41) is 4.76. The Bertz CT molecular complexity index is 576. The molecule has 0 bridgehead atoms. The van der Waals surface area contributed by atoms with Crippen LogP contribution in [0.15, 0.2) is 18.2 Å². The minimum Gasteiger partial charge on any atom is -0.384 e. The van der Waals surface area contributed by atoms with E-state index >= 15 is 0 Å². The molecule has 0 unspecified atom stereocenters. The van der Waals surface area contributed by atoms with E-state index in [-0.39, 0.29) is 0 Å². The van der Waals surface area contributed by atoms with Crippen molar-refractivity contribution < 1.29 is 0 Å². The van der Waals surface area contributed by atoms with Crippen molar-refractivity contribution in [2.45, 2.75) is 33.6 Å². The Labute approximate surface area is 122 Å². The Balaban J connectivity index is 2.82. The molecule has 0 atom stereocenters. The first-order valence-corrected chi connectivity index (χ1v) is 7.46. The van der Waals surface area contributed by atoms with E-state index in [0.29, 0.717) is 5.92 Å². The number of aromatic nitrogens is 1. The molecule has 1 N–H and O–H groups in total. The number of benzene rings is 1. The number of anilines is 1. The number of pyridine rings is 1. The quantitative estimate of drug-likeness (QED) is 0.808. The van der Waals surface area contributed by atoms with Crippen molar-refractivity contribution >= 4 is 39.2 Å². The number of hydrogen-bond acceptors (Lipinski definition) is 2. The van der Waals surface area contributed by atoms with Crippen LogP contribution in [0.5, 0.6) is 0 Å². The second-order valence-corrected chi connectivity index (χ2v) is 6.08. The SMILES string of the molecule is CCNc1c(C(C)C)c(C)nc2ccc(I)cc12. The first kappa shape index (κ1) is 13.6. The van der Waals surface area contributed by atoms with Gasteiger partial charge in [0.15, 0.2) is 0 Å². The lowest BCUT2D eigenvalue weighted by Crippen LogP contribution is -2.07. The molecule has 1 heterocycles. The summed E-state index contributed by atoms with van der Waals surface area (Å²) in [6.45, 7) is 9.63. The molecule has 1 aromatic carbocycles. The number of aryl methyl sites for hydroxylation is 1. The molecule has 0 radical (unpaired) electrons. The molecule has 0 aliphatic rings. The van der Waals surface area contributed by atoms with Gasteiger partial charge in [-0.05, 0) is 66.1 Å². The van der Waals surface area contributed by atoms with E-state index in [2.05, 4.69) is 73.8 Å². The molecule has 2 nitrogen and oxygen atoms in total. The predicted octanol–water partition coefficient (Wildman–Crippen LogP) is 4.70. The van der Waals surface area contributed by atoms with Crippen LogP contribution in [0.3, 0.4) is 0 Å². The third kappa shape index (κ3) is 2.46. The molecule has 96 valence electrons. The van der Waals surface area contributed by atoms with Crippen LogP contribution in [0.25, 0.3) is 10.9 Å². The molecule has 3 heteroatoms. The molecule has 2 aromatic rings. The van der Waals surface area contributed by atoms with Gasteiger partial charge in [0.05, 0.1) is 5.52 Å². The van der Waals surface area contributed by atoms with Crippen LogP contribution >= 0.6 is 22.6 Å². The fourth-order valence-corrected chi connectivity index (χ4v) is 2.94. The Morgan fingerprint density at radius 2 is 2.06 bits per heavy atom. The van der Waals surface area contributed by atoms with Gasteiger partial charge in [0, 0.05) is 26.9 Å². The van der Waals surface area contributed by atoms with Crippen molar-refractivity contribution in [3.05, 3.63) is 33.0 Å². The van der Waals surface area contributed by atoms with E-state index in [0.717, 1.165) is 17.8 Å². The highest BCUT2D eigenvalue weighted by Gasteiger charge is 2.15. The van der Waals surface area contributed by atoms with Crippen molar-refractivity contribution in [2.75, 3.05) is 11.9 Å². The van der Waals surface area contributed by atoms with E-state index in [1.54, 1.807) is 0 Å². The summed E-state index contributed by atoms with van der Waals surface area (Å²) in [5.74, 6) is 0.480. The highest BCUT2D eigenvalue weighted by atomic mass is 127. The lowest BCUT2D eigenvalue weighted by molar-refractivity contribution is 0.848. The zero-order valence-corrected chi connectivity index (χ0v) is 13.5. The summed E-state index contributed by atoms with van der Waals surface area (Å²) < 4.78 is 1.25. The molecule has 2 rings (SSSR count). The van der Waals surface area contributed by atoms with Gasteiger partial charge in [-0.2, -0.15) is 0 Å². The number of nitrogens with one attached hydrogen (secondary N) is 1. The number of halogens is 1. The third-order valence-corrected chi connectivity index (χ3v) is 3.78. The average Bonchev–Trinajstić information content (AvgIpc) is 2.30. The number of rotatable bonds is 3. The zero-order chi connectivity index (χ0) is 13.3. The molecule has 0 amide bonds. The average molecular weight is 354 g/mol. The van der Waals surface area contributed by atoms with Crippen molar-refractivity contribution in [1.82, 2.24) is 4.98 Å². The standard InChI is InChI=1S/C15H19IN2/c1-5-17-15-12-8-11(16)6-7-13(12)18-10(4)14(15)9(2)3/h6-9H,5H2,1-4H3,(H,17,18). The Morgan fingerprint density at radius 1 is 1.33 bits per heavy atom. The summed E-state index contributed by atoms with van der Waals surface area (Å²) in [6, 6.07) is 6.43. The van der Waals surface area contributed by atoms with Gasteiger partial charge in [0.1, 0.15) is 0 Å². The van der Waals surface area contributed by atoms with Crippen LogP contribution in [0.4, 0.5) is 5.69 Å². The smallest absolute Gasteiger partial charge is 0.0726 e. The summed E-state index contributed by atoms with van der Waals surface area (Å²) in [7, 11) is 0. The molecule has 18 heavy (non-hydrogen) atoms. The normalized spacial score (nSPS) is 11.2. The van der Waals surface area contributed by atoms with Gasteiger partial charge < -0.3 is 5.32 Å². The van der Waals surface area contributed by atoms with Crippen LogP contribution in [0.1, 0.15) is 37.9 Å². The fraction of sp³-hybridized carbons (Fsp3) is 0.400. The number of hydrogen-bond donors (Lipinski definition) is 1. The Kier molecular flexibility index (Phi) is 4.10. The van der Waals surface area contributed by atoms with Crippen LogP contribution in [-0.2, 0) is 0 Å². The van der Waals surface area contributed by atoms with Gasteiger partial charge in [0.2, 0.25) is 0 Å². The van der Waals surface area contributed by atoms with E-state index in [4.69, 9.17) is 4.98 Å². The molecule has 0 aliphatic heterocycles. The molecule has 0 fully saturated rings. The fourth-order valence-electron chi connectivity index (χ4n) is 2.45. The topological polar surface area (TPSA) is 24.9 Å². The van der Waals surface area contributed by atoms with Gasteiger partial charge >= 0.3 is 0 Å². The molecule has 0 spiro atoms. The number of fused-ring (bicyclic) bond motifs is 1. The van der Waals surface area contributed by atoms with Gasteiger partial charge in [-0.25, -0.2) is 0 Å². The van der Waals surface area contributed by atoms with Gasteiger partial charge in [0.25, 0.3) is 0 Å². The summed E-state index contributed by atoms with van der Waals surface area (Å²) in [6.07, 6.45) is 0. The van der Waals surface area contributed by atoms with Crippen LogP contribution < -0.4 is 5.32 Å². The maximum atomic E-state index is 4.74. The lowest BCUT2D eigenvalue weighted by Gasteiger charge is -2.19. The first-order chi connectivity index (χ1) is 8.54. The van der Waals surface area contributed by atoms with Crippen molar-refractivity contribution in [2.24, 2.45) is 0 Å². The maximum Gasteiger partial charge on any atom is 0.0726 e. The molecule has 0 saturated heterocycles. The Morgan fingerprint density at radius 3 is 2.67 bits per heavy atom. The number of nitrogens with zero attached hydrogens (tertiary/aromatic N) is 1. The summed E-state index contributed by atoms with van der Waals surface area (Å²) in [4.78, 5) is 4.74. The van der Waals surface area contributed by atoms with E-state index in [1.165, 1.54) is 20.2 Å². The van der Waals surface area contributed by atoms with Crippen LogP contribution in [0.2, 0.25) is 0 Å². The van der Waals surface area contributed by atoms with Crippen LogP contribution in [0, 0.1) is 10.5 Å². The predicted molar refractivity (Wildman–Crippen MR) is 87.4 cm³/mol. The molecule has 0 saturated carbocycles. The van der Waals surface area contributed by atoms with Crippen molar-refractivity contribution in [1.29, 1.82) is 0 Å². The zero-order valence-electron chi connectivity index (χ0n) is 11.3. The largest absolute Gasteiger partial charge is 0.384 e. The minimum absolute atomic E-state index is 0.480. The molecular formula is C15H19IN2. The summed E-state index contributed by atoms with van der Waals surface area (Å²) in [5.41, 5.74) is 4.81. The molecule has 1 aromatic heterocycles. The monoisotopic (exact) mass is 354 g/mol. The lowest BCUT2D eigenvalue weighted by atomic mass is 9.96. The molecular weight excluding hydrogens is 335 g/mol. The highest BCUT2D eigenvalue weighted by Crippen LogP contribution is 2.34. The summed E-state index contributed by atoms with van der Waals surface area (Å²) >= 11 is 2.36. The maximum absolute atomic E-state index is 4.74. The van der Waals surface area contributed by atoms with Gasteiger partial charge in [-0.15, -0.1) is 0 Å². The second-order valence-electron chi connectivity index (χ2n) is 4.83. The third-order valence-electron chi connectivity index (χ3n) is 3.11. The highest BCUT2D eigenvalue weighted by molar-refractivity contribution is 14.1. The van der Waals surface area contributed by atoms with Crippen LogP contribution in [-0.4, -0.2) is 11.5 Å². The van der Waals surface area contributed by atoms with Gasteiger partial charge in [-0.1, -0.05) is 13.8 Å². The molecule has 0 aliphatic carbocycles. The van der Waals surface area contributed by atoms with Crippen molar-refractivity contribution in [3.63, 3.8) is 0 Å². The van der Waals surface area contributed by atoms with E-state index in [1.807, 2.05) is 0 Å². The minimum atomic E-state index is 0.480. The van der Waals surface area contributed by atoms with E-state index < -0.39 is 0 Å². The van der Waals surface area contributed by atoms with Crippen molar-refractivity contribution in [3.8, 4) is 0 Å². The van der Waals surface area contributed by atoms with E-state index in [9.17, 15) is 0 Å². The van der Waals surface area contributed by atoms with Gasteiger partial charge in [-0.3, -0.25) is 4.98 Å².